The van der Waals surface area contributed by atoms with Crippen molar-refractivity contribution < 1.29 is 34.8 Å². The van der Waals surface area contributed by atoms with Crippen LogP contribution in [0.15, 0.2) is 18.2 Å². The first-order chi connectivity index (χ1) is 12.8. The molecule has 1 heterocycles. The zero-order valence-electron chi connectivity index (χ0n) is 15.3. The molecule has 0 amide bonds. The molecule has 1 aromatic rings. The molecule has 150 valence electrons. The summed E-state index contributed by atoms with van der Waals surface area (Å²) in [5, 5.41) is 36.0. The van der Waals surface area contributed by atoms with Crippen molar-refractivity contribution in [2.24, 2.45) is 5.92 Å². The summed E-state index contributed by atoms with van der Waals surface area (Å²) in [6.07, 6.45) is 0.735. The van der Waals surface area contributed by atoms with E-state index in [9.17, 15) is 9.59 Å². The van der Waals surface area contributed by atoms with Crippen molar-refractivity contribution in [1.29, 1.82) is 0 Å². The van der Waals surface area contributed by atoms with Crippen molar-refractivity contribution in [2.45, 2.75) is 43.8 Å². The van der Waals surface area contributed by atoms with Gasteiger partial charge in [-0.25, -0.2) is 9.59 Å². The number of benzene rings is 1. The Labute approximate surface area is 157 Å². The summed E-state index contributed by atoms with van der Waals surface area (Å²) in [5.74, 6) is -0.860. The van der Waals surface area contributed by atoms with Gasteiger partial charge in [-0.15, -0.1) is 0 Å². The lowest BCUT2D eigenvalue weighted by Crippen LogP contribution is -2.39. The summed E-state index contributed by atoms with van der Waals surface area (Å²) in [6, 6.07) is 6.63. The molecular formula is C19H27NO7. The summed E-state index contributed by atoms with van der Waals surface area (Å²) in [6.45, 7) is 2.39. The molecule has 5 N–H and O–H groups in total. The third-order valence-electron chi connectivity index (χ3n) is 5.24. The number of carboxylic acid groups (broad SMARTS) is 2. The summed E-state index contributed by atoms with van der Waals surface area (Å²) < 4.78 is 5.36. The molecule has 3 rings (SSSR count). The SMILES string of the molecule is COc1ccc2c(c1)C(C1CCNCC1)CC2.O=C(O)[C@H](O)[C@@H](O)C(=O)O. The van der Waals surface area contributed by atoms with Crippen LogP contribution in [0.25, 0.3) is 0 Å². The highest BCUT2D eigenvalue weighted by Crippen LogP contribution is 2.42. The number of aryl methyl sites for hydroxylation is 1. The molecule has 1 aliphatic heterocycles. The molecule has 0 spiro atoms. The molecule has 1 aliphatic carbocycles. The van der Waals surface area contributed by atoms with E-state index >= 15 is 0 Å². The highest BCUT2D eigenvalue weighted by atomic mass is 16.5. The molecule has 1 fully saturated rings. The van der Waals surface area contributed by atoms with Crippen LogP contribution in [0.5, 0.6) is 5.75 Å². The number of aliphatic hydroxyl groups is 2. The van der Waals surface area contributed by atoms with Gasteiger partial charge in [-0.2, -0.15) is 0 Å². The van der Waals surface area contributed by atoms with E-state index in [0.29, 0.717) is 0 Å². The molecule has 2 aliphatic rings. The van der Waals surface area contributed by atoms with Crippen LogP contribution in [0.2, 0.25) is 0 Å². The molecule has 8 heteroatoms. The maximum absolute atomic E-state index is 9.77. The molecule has 1 saturated heterocycles. The third kappa shape index (κ3) is 5.41. The van der Waals surface area contributed by atoms with Crippen molar-refractivity contribution in [3.63, 3.8) is 0 Å². The van der Waals surface area contributed by atoms with E-state index in [2.05, 4.69) is 23.5 Å². The Kier molecular flexibility index (Phi) is 7.58. The van der Waals surface area contributed by atoms with Crippen molar-refractivity contribution >= 4 is 11.9 Å². The normalized spacial score (nSPS) is 21.4. The number of carbonyl (C=O) groups is 2. The van der Waals surface area contributed by atoms with E-state index < -0.39 is 24.1 Å². The number of carboxylic acids is 2. The molecule has 0 bridgehead atoms. The van der Waals surface area contributed by atoms with Crippen LogP contribution in [-0.4, -0.2) is 64.8 Å². The fraction of sp³-hybridized carbons (Fsp3) is 0.579. The zero-order valence-corrected chi connectivity index (χ0v) is 15.3. The number of aliphatic hydroxyl groups excluding tert-OH is 2. The highest BCUT2D eigenvalue weighted by Gasteiger charge is 2.31. The van der Waals surface area contributed by atoms with Gasteiger partial charge in [-0.05, 0) is 73.9 Å². The van der Waals surface area contributed by atoms with Gasteiger partial charge >= 0.3 is 11.9 Å². The van der Waals surface area contributed by atoms with Gasteiger partial charge < -0.3 is 30.5 Å². The summed E-state index contributed by atoms with van der Waals surface area (Å²) in [7, 11) is 1.76. The lowest BCUT2D eigenvalue weighted by molar-refractivity contribution is -0.165. The number of methoxy groups -OCH3 is 1. The number of piperidine rings is 1. The van der Waals surface area contributed by atoms with Gasteiger partial charge in [0.25, 0.3) is 0 Å². The van der Waals surface area contributed by atoms with Crippen molar-refractivity contribution in [3.8, 4) is 5.75 Å². The number of ether oxygens (including phenoxy) is 1. The lowest BCUT2D eigenvalue weighted by atomic mass is 9.81. The Balaban J connectivity index is 0.000000227. The van der Waals surface area contributed by atoms with E-state index in [-0.39, 0.29) is 0 Å². The summed E-state index contributed by atoms with van der Waals surface area (Å²) in [4.78, 5) is 19.5. The van der Waals surface area contributed by atoms with Crippen LogP contribution in [0.3, 0.4) is 0 Å². The van der Waals surface area contributed by atoms with Gasteiger partial charge in [0, 0.05) is 0 Å². The quantitative estimate of drug-likeness (QED) is 0.500. The molecule has 0 saturated carbocycles. The summed E-state index contributed by atoms with van der Waals surface area (Å²) >= 11 is 0. The van der Waals surface area contributed by atoms with Gasteiger partial charge in [0.2, 0.25) is 0 Å². The van der Waals surface area contributed by atoms with E-state index in [1.54, 1.807) is 18.2 Å². The predicted octanol–water partition coefficient (Wildman–Crippen LogP) is 0.602. The smallest absolute Gasteiger partial charge is 0.335 e. The molecule has 8 nitrogen and oxygen atoms in total. The third-order valence-corrected chi connectivity index (χ3v) is 5.24. The van der Waals surface area contributed by atoms with Gasteiger partial charge in [0.1, 0.15) is 5.75 Å². The Morgan fingerprint density at radius 3 is 2.19 bits per heavy atom. The molecule has 27 heavy (non-hydrogen) atoms. The highest BCUT2D eigenvalue weighted by molar-refractivity contribution is 5.83. The Bertz CT molecular complexity index is 639. The van der Waals surface area contributed by atoms with Crippen LogP contribution in [0.4, 0.5) is 0 Å². The number of hydrogen-bond donors (Lipinski definition) is 5. The van der Waals surface area contributed by atoms with Crippen LogP contribution in [0.1, 0.15) is 36.3 Å². The van der Waals surface area contributed by atoms with Gasteiger partial charge in [0.15, 0.2) is 12.2 Å². The number of fused-ring (bicyclic) bond motifs is 1. The van der Waals surface area contributed by atoms with Crippen LogP contribution in [-0.2, 0) is 16.0 Å². The molecule has 1 unspecified atom stereocenters. The van der Waals surface area contributed by atoms with Crippen LogP contribution >= 0.6 is 0 Å². The topological polar surface area (TPSA) is 136 Å². The van der Waals surface area contributed by atoms with E-state index in [0.717, 1.165) is 17.6 Å². The second-order valence-corrected chi connectivity index (χ2v) is 6.86. The number of nitrogens with one attached hydrogen (secondary N) is 1. The minimum atomic E-state index is -2.27. The first-order valence-corrected chi connectivity index (χ1v) is 9.04. The number of rotatable bonds is 5. The van der Waals surface area contributed by atoms with E-state index in [1.807, 2.05) is 0 Å². The molecule has 0 radical (unpaired) electrons. The molecule has 0 aromatic heterocycles. The largest absolute Gasteiger partial charge is 0.497 e. The van der Waals surface area contributed by atoms with Crippen LogP contribution < -0.4 is 10.1 Å². The first-order valence-electron chi connectivity index (χ1n) is 9.04. The van der Waals surface area contributed by atoms with E-state index in [4.69, 9.17) is 25.2 Å². The van der Waals surface area contributed by atoms with Gasteiger partial charge in [-0.3, -0.25) is 0 Å². The van der Waals surface area contributed by atoms with Crippen molar-refractivity contribution in [1.82, 2.24) is 5.32 Å². The molecule has 1 aromatic carbocycles. The minimum absolute atomic E-state index is 0.780. The van der Waals surface area contributed by atoms with Gasteiger partial charge in [0.05, 0.1) is 7.11 Å². The van der Waals surface area contributed by atoms with Crippen molar-refractivity contribution in [2.75, 3.05) is 20.2 Å². The second-order valence-electron chi connectivity index (χ2n) is 6.86. The van der Waals surface area contributed by atoms with Crippen LogP contribution in [0, 0.1) is 5.92 Å². The Morgan fingerprint density at radius 1 is 1.07 bits per heavy atom. The molecular weight excluding hydrogens is 354 g/mol. The fourth-order valence-corrected chi connectivity index (χ4v) is 3.75. The average molecular weight is 381 g/mol. The van der Waals surface area contributed by atoms with E-state index in [1.165, 1.54) is 38.8 Å². The first kappa shape index (κ1) is 21.1. The van der Waals surface area contributed by atoms with Gasteiger partial charge in [-0.1, -0.05) is 6.07 Å². The maximum atomic E-state index is 9.77. The van der Waals surface area contributed by atoms with Crippen molar-refractivity contribution in [3.05, 3.63) is 29.3 Å². The Morgan fingerprint density at radius 2 is 1.67 bits per heavy atom. The molecule has 3 atom stereocenters. The summed E-state index contributed by atoms with van der Waals surface area (Å²) in [5.41, 5.74) is 3.12. The predicted molar refractivity (Wildman–Crippen MR) is 96.9 cm³/mol. The minimum Gasteiger partial charge on any atom is -0.497 e. The Hall–Kier alpha value is -2.16. The number of aliphatic carboxylic acids is 2. The monoisotopic (exact) mass is 381 g/mol. The fourth-order valence-electron chi connectivity index (χ4n) is 3.75. The average Bonchev–Trinajstić information content (AvgIpc) is 3.10. The zero-order chi connectivity index (χ0) is 20.0. The second kappa shape index (κ2) is 9.68. The lowest BCUT2D eigenvalue weighted by Gasteiger charge is -2.28. The maximum Gasteiger partial charge on any atom is 0.335 e. The standard InChI is InChI=1S/C15H21NO.C4H6O6/c1-17-13-4-2-11-3-5-14(15(11)10-13)12-6-8-16-9-7-12;5-1(3(7)8)2(6)4(9)10/h2,4,10,12,14,16H,3,5-9H2,1H3;1-2,5-6H,(H,7,8)(H,9,10)/t;1-,2-/m.1/s1. The number of hydrogen-bond acceptors (Lipinski definition) is 6.